The Hall–Kier alpha value is -2.24. The lowest BCUT2D eigenvalue weighted by molar-refractivity contribution is 0.0925. The molecular formula is C24H29Cl2N3O2. The predicted molar refractivity (Wildman–Crippen MR) is 127 cm³/mol. The minimum absolute atomic E-state index is 0.0513. The maximum atomic E-state index is 12.8. The van der Waals surface area contributed by atoms with Gasteiger partial charge in [0.2, 0.25) is 0 Å². The van der Waals surface area contributed by atoms with Gasteiger partial charge in [-0.15, -0.1) is 0 Å². The second kappa shape index (κ2) is 10.4. The number of amides is 2. The van der Waals surface area contributed by atoms with E-state index in [4.69, 9.17) is 23.2 Å². The molecule has 2 aromatic rings. The first-order chi connectivity index (χ1) is 14.8. The molecule has 0 saturated carbocycles. The third-order valence-corrected chi connectivity index (χ3v) is 6.40. The quantitative estimate of drug-likeness (QED) is 0.623. The molecule has 1 fully saturated rings. The Balaban J connectivity index is 1.62. The van der Waals surface area contributed by atoms with Gasteiger partial charge in [-0.3, -0.25) is 9.59 Å². The molecule has 0 radical (unpaired) electrons. The van der Waals surface area contributed by atoms with Crippen molar-refractivity contribution in [3.63, 3.8) is 0 Å². The van der Waals surface area contributed by atoms with Crippen molar-refractivity contribution < 1.29 is 9.59 Å². The molecule has 0 aliphatic carbocycles. The molecule has 2 amide bonds. The molecule has 2 N–H and O–H groups in total. The van der Waals surface area contributed by atoms with E-state index in [0.717, 1.165) is 31.6 Å². The predicted octanol–water partition coefficient (Wildman–Crippen LogP) is 5.17. The lowest BCUT2D eigenvalue weighted by Crippen LogP contribution is -2.45. The Morgan fingerprint density at radius 2 is 1.65 bits per heavy atom. The highest BCUT2D eigenvalue weighted by Gasteiger charge is 2.25. The molecule has 0 spiro atoms. The van der Waals surface area contributed by atoms with Crippen molar-refractivity contribution in [2.45, 2.75) is 45.7 Å². The Kier molecular flexibility index (Phi) is 7.84. The second-order valence-electron chi connectivity index (χ2n) is 8.38. The van der Waals surface area contributed by atoms with Crippen LogP contribution in [-0.4, -0.2) is 37.0 Å². The largest absolute Gasteiger partial charge is 0.371 e. The van der Waals surface area contributed by atoms with E-state index < -0.39 is 0 Å². The van der Waals surface area contributed by atoms with Gasteiger partial charge in [0.05, 0.1) is 16.1 Å². The summed E-state index contributed by atoms with van der Waals surface area (Å²) in [6.45, 7) is 7.71. The maximum absolute atomic E-state index is 12.8. The van der Waals surface area contributed by atoms with Gasteiger partial charge in [-0.2, -0.15) is 0 Å². The minimum Gasteiger partial charge on any atom is -0.371 e. The Labute approximate surface area is 194 Å². The normalized spacial score (nSPS) is 15.6. The van der Waals surface area contributed by atoms with Crippen LogP contribution >= 0.6 is 23.2 Å². The lowest BCUT2D eigenvalue weighted by Gasteiger charge is -2.35. The Morgan fingerprint density at radius 3 is 2.29 bits per heavy atom. The molecule has 31 heavy (non-hydrogen) atoms. The summed E-state index contributed by atoms with van der Waals surface area (Å²) in [5.41, 5.74) is 2.04. The van der Waals surface area contributed by atoms with Crippen LogP contribution < -0.4 is 15.5 Å². The summed E-state index contributed by atoms with van der Waals surface area (Å²) in [6, 6.07) is 12.7. The van der Waals surface area contributed by atoms with E-state index in [9.17, 15) is 9.59 Å². The first-order valence-corrected chi connectivity index (χ1v) is 11.4. The molecule has 1 saturated heterocycles. The number of rotatable bonds is 6. The number of hydrogen-bond donors (Lipinski definition) is 2. The van der Waals surface area contributed by atoms with Crippen LogP contribution in [0.25, 0.3) is 0 Å². The number of para-hydroxylation sites is 1. The van der Waals surface area contributed by atoms with E-state index in [1.54, 1.807) is 18.2 Å². The van der Waals surface area contributed by atoms with E-state index in [0.29, 0.717) is 27.1 Å². The maximum Gasteiger partial charge on any atom is 0.253 e. The SMILES string of the molecule is CC(C)[C@@H](C)NC(=O)c1ccccc1N1CCC(NC(=O)c2ccc(Cl)cc2Cl)CC1. The molecule has 0 bridgehead atoms. The highest BCUT2D eigenvalue weighted by Crippen LogP contribution is 2.26. The molecule has 1 aliphatic rings. The molecule has 5 nitrogen and oxygen atoms in total. The number of carbonyl (C=O) groups excluding carboxylic acids is 2. The second-order valence-corrected chi connectivity index (χ2v) is 9.23. The molecule has 0 aromatic heterocycles. The molecule has 3 rings (SSSR count). The van der Waals surface area contributed by atoms with E-state index in [-0.39, 0.29) is 23.9 Å². The Morgan fingerprint density at radius 1 is 0.968 bits per heavy atom. The van der Waals surface area contributed by atoms with E-state index in [2.05, 4.69) is 29.4 Å². The molecule has 166 valence electrons. The van der Waals surface area contributed by atoms with Crippen molar-refractivity contribution >= 4 is 40.7 Å². The first-order valence-electron chi connectivity index (χ1n) is 10.7. The van der Waals surface area contributed by atoms with Crippen LogP contribution in [-0.2, 0) is 0 Å². The van der Waals surface area contributed by atoms with Crippen LogP contribution in [0.3, 0.4) is 0 Å². The first kappa shape index (κ1) is 23.4. The van der Waals surface area contributed by atoms with Crippen LogP contribution in [0.5, 0.6) is 0 Å². The van der Waals surface area contributed by atoms with Crippen LogP contribution in [0, 0.1) is 5.92 Å². The molecule has 1 heterocycles. The summed E-state index contributed by atoms with van der Waals surface area (Å²) in [5, 5.41) is 7.01. The smallest absolute Gasteiger partial charge is 0.253 e. The fourth-order valence-corrected chi connectivity index (χ4v) is 4.09. The van der Waals surface area contributed by atoms with E-state index in [1.807, 2.05) is 31.2 Å². The third-order valence-electron chi connectivity index (χ3n) is 5.85. The summed E-state index contributed by atoms with van der Waals surface area (Å²) in [7, 11) is 0. The molecule has 1 atom stereocenters. The van der Waals surface area contributed by atoms with Gasteiger partial charge in [-0.25, -0.2) is 0 Å². The van der Waals surface area contributed by atoms with Crippen molar-refractivity contribution in [2.24, 2.45) is 5.92 Å². The van der Waals surface area contributed by atoms with Crippen LogP contribution in [0.15, 0.2) is 42.5 Å². The highest BCUT2D eigenvalue weighted by molar-refractivity contribution is 6.36. The van der Waals surface area contributed by atoms with Crippen LogP contribution in [0.4, 0.5) is 5.69 Å². The third kappa shape index (κ3) is 5.92. The topological polar surface area (TPSA) is 61.4 Å². The van der Waals surface area contributed by atoms with Crippen molar-refractivity contribution in [1.82, 2.24) is 10.6 Å². The molecular weight excluding hydrogens is 433 g/mol. The van der Waals surface area contributed by atoms with Crippen LogP contribution in [0.2, 0.25) is 10.0 Å². The van der Waals surface area contributed by atoms with Gasteiger partial charge in [0.15, 0.2) is 0 Å². The zero-order chi connectivity index (χ0) is 22.5. The van der Waals surface area contributed by atoms with Gasteiger partial charge in [-0.05, 0) is 56.0 Å². The van der Waals surface area contributed by atoms with Crippen molar-refractivity contribution in [3.05, 3.63) is 63.6 Å². The monoisotopic (exact) mass is 461 g/mol. The minimum atomic E-state index is -0.192. The van der Waals surface area contributed by atoms with Gasteiger partial charge >= 0.3 is 0 Å². The number of nitrogens with zero attached hydrogens (tertiary/aromatic N) is 1. The number of carbonyl (C=O) groups is 2. The number of benzene rings is 2. The fourth-order valence-electron chi connectivity index (χ4n) is 3.59. The summed E-state index contributed by atoms with van der Waals surface area (Å²) >= 11 is 12.1. The zero-order valence-corrected chi connectivity index (χ0v) is 19.6. The van der Waals surface area contributed by atoms with Crippen molar-refractivity contribution in [3.8, 4) is 0 Å². The average Bonchev–Trinajstić information content (AvgIpc) is 2.74. The summed E-state index contributed by atoms with van der Waals surface area (Å²) in [6.07, 6.45) is 1.57. The summed E-state index contributed by atoms with van der Waals surface area (Å²) < 4.78 is 0. The van der Waals surface area contributed by atoms with Gasteiger partial charge in [0.25, 0.3) is 11.8 Å². The van der Waals surface area contributed by atoms with Gasteiger partial charge < -0.3 is 15.5 Å². The van der Waals surface area contributed by atoms with Crippen molar-refractivity contribution in [2.75, 3.05) is 18.0 Å². The highest BCUT2D eigenvalue weighted by atomic mass is 35.5. The van der Waals surface area contributed by atoms with Gasteiger partial charge in [-0.1, -0.05) is 49.2 Å². The number of halogens is 2. The molecule has 7 heteroatoms. The molecule has 0 unspecified atom stereocenters. The number of hydrogen-bond acceptors (Lipinski definition) is 3. The summed E-state index contributed by atoms with van der Waals surface area (Å²) in [5.74, 6) is 0.122. The van der Waals surface area contributed by atoms with E-state index in [1.165, 1.54) is 0 Å². The lowest BCUT2D eigenvalue weighted by atomic mass is 10.0. The standard InChI is InChI=1S/C24H29Cl2N3O2/c1-15(2)16(3)27-24(31)20-6-4-5-7-22(20)29-12-10-18(11-13-29)28-23(30)19-9-8-17(25)14-21(19)26/h4-9,14-16,18H,10-13H2,1-3H3,(H,27,31)(H,28,30)/t16-/m1/s1. The number of nitrogens with one attached hydrogen (secondary N) is 2. The number of piperidine rings is 1. The van der Waals surface area contributed by atoms with Gasteiger partial charge in [0.1, 0.15) is 0 Å². The molecule has 1 aliphatic heterocycles. The fraction of sp³-hybridized carbons (Fsp3) is 0.417. The van der Waals surface area contributed by atoms with Crippen molar-refractivity contribution in [1.29, 1.82) is 0 Å². The number of anilines is 1. The summed E-state index contributed by atoms with van der Waals surface area (Å²) in [4.78, 5) is 27.6. The molecule has 2 aromatic carbocycles. The van der Waals surface area contributed by atoms with Gasteiger partial charge in [0, 0.05) is 35.9 Å². The Bertz CT molecular complexity index is 940. The average molecular weight is 462 g/mol. The van der Waals surface area contributed by atoms with Crippen LogP contribution in [0.1, 0.15) is 54.3 Å². The van der Waals surface area contributed by atoms with E-state index >= 15 is 0 Å². The zero-order valence-electron chi connectivity index (χ0n) is 18.1.